The number of pyridine rings is 1. The second kappa shape index (κ2) is 6.79. The van der Waals surface area contributed by atoms with Gasteiger partial charge in [0, 0.05) is 18.0 Å². The quantitative estimate of drug-likeness (QED) is 0.738. The first-order valence-corrected chi connectivity index (χ1v) is 9.04. The van der Waals surface area contributed by atoms with E-state index >= 15 is 0 Å². The SMILES string of the molecule is CCS(=O)(=O)Nc1ccccc1Cc1nc(-c2cccnc2)no1. The molecule has 0 fully saturated rings. The van der Waals surface area contributed by atoms with Crippen LogP contribution >= 0.6 is 0 Å². The molecule has 0 spiro atoms. The van der Waals surface area contributed by atoms with Crippen molar-refractivity contribution in [3.8, 4) is 11.4 Å². The lowest BCUT2D eigenvalue weighted by molar-refractivity contribution is 0.386. The topological polar surface area (TPSA) is 98.0 Å². The Morgan fingerprint density at radius 3 is 2.75 bits per heavy atom. The summed E-state index contributed by atoms with van der Waals surface area (Å²) in [6.45, 7) is 1.59. The van der Waals surface area contributed by atoms with Crippen LogP contribution in [-0.2, 0) is 16.4 Å². The number of nitrogens with one attached hydrogen (secondary N) is 1. The highest BCUT2D eigenvalue weighted by molar-refractivity contribution is 7.92. The molecular weight excluding hydrogens is 328 g/mol. The summed E-state index contributed by atoms with van der Waals surface area (Å²) in [4.78, 5) is 8.36. The van der Waals surface area contributed by atoms with E-state index in [2.05, 4.69) is 19.8 Å². The third kappa shape index (κ3) is 3.77. The van der Waals surface area contributed by atoms with E-state index in [1.54, 1.807) is 37.5 Å². The fraction of sp³-hybridized carbons (Fsp3) is 0.188. The molecule has 0 amide bonds. The van der Waals surface area contributed by atoms with Crippen molar-refractivity contribution in [2.75, 3.05) is 10.5 Å². The summed E-state index contributed by atoms with van der Waals surface area (Å²) in [7, 11) is -3.35. The van der Waals surface area contributed by atoms with Crippen molar-refractivity contribution in [2.24, 2.45) is 0 Å². The molecule has 2 heterocycles. The van der Waals surface area contributed by atoms with Gasteiger partial charge in [0.1, 0.15) is 0 Å². The average molecular weight is 344 g/mol. The number of hydrogen-bond acceptors (Lipinski definition) is 6. The Bertz CT molecular complexity index is 923. The number of hydrogen-bond donors (Lipinski definition) is 1. The normalized spacial score (nSPS) is 11.4. The van der Waals surface area contributed by atoms with Gasteiger partial charge in [-0.1, -0.05) is 23.4 Å². The maximum Gasteiger partial charge on any atom is 0.232 e. The molecule has 3 aromatic rings. The summed E-state index contributed by atoms with van der Waals surface area (Å²) in [6.07, 6.45) is 3.65. The molecule has 0 radical (unpaired) electrons. The molecule has 0 aliphatic heterocycles. The Hall–Kier alpha value is -2.74. The number of aromatic nitrogens is 3. The van der Waals surface area contributed by atoms with Crippen molar-refractivity contribution >= 4 is 15.7 Å². The molecular formula is C16H16N4O3S. The molecule has 0 saturated heterocycles. The van der Waals surface area contributed by atoms with E-state index in [1.807, 2.05) is 18.2 Å². The molecule has 8 heteroatoms. The molecule has 7 nitrogen and oxygen atoms in total. The summed E-state index contributed by atoms with van der Waals surface area (Å²) < 4.78 is 31.4. The molecule has 0 bridgehead atoms. The summed E-state index contributed by atoms with van der Waals surface area (Å²) in [5, 5.41) is 3.94. The van der Waals surface area contributed by atoms with Crippen LogP contribution in [0.25, 0.3) is 11.4 Å². The number of rotatable bonds is 6. The summed E-state index contributed by atoms with van der Waals surface area (Å²) in [5.74, 6) is 0.856. The van der Waals surface area contributed by atoms with Gasteiger partial charge in [-0.2, -0.15) is 4.98 Å². The Kier molecular flexibility index (Phi) is 4.57. The average Bonchev–Trinajstić information content (AvgIpc) is 3.06. The van der Waals surface area contributed by atoms with Gasteiger partial charge in [-0.3, -0.25) is 9.71 Å². The predicted molar refractivity (Wildman–Crippen MR) is 89.9 cm³/mol. The second-order valence-electron chi connectivity index (χ2n) is 5.09. The molecule has 3 rings (SSSR count). The van der Waals surface area contributed by atoms with Gasteiger partial charge in [0.2, 0.25) is 21.7 Å². The van der Waals surface area contributed by atoms with Crippen molar-refractivity contribution in [3.63, 3.8) is 0 Å². The van der Waals surface area contributed by atoms with Crippen LogP contribution in [-0.4, -0.2) is 29.3 Å². The zero-order valence-electron chi connectivity index (χ0n) is 13.0. The molecule has 1 aromatic carbocycles. The van der Waals surface area contributed by atoms with Gasteiger partial charge in [0.15, 0.2) is 0 Å². The van der Waals surface area contributed by atoms with E-state index < -0.39 is 10.0 Å². The fourth-order valence-corrected chi connectivity index (χ4v) is 2.79. The number of nitrogens with zero attached hydrogens (tertiary/aromatic N) is 3. The van der Waals surface area contributed by atoms with Crippen LogP contribution in [0.1, 0.15) is 18.4 Å². The number of para-hydroxylation sites is 1. The summed E-state index contributed by atoms with van der Waals surface area (Å²) in [6, 6.07) is 10.8. The lowest BCUT2D eigenvalue weighted by Gasteiger charge is -2.10. The van der Waals surface area contributed by atoms with Gasteiger partial charge in [-0.05, 0) is 30.7 Å². The van der Waals surface area contributed by atoms with Crippen molar-refractivity contribution in [1.29, 1.82) is 0 Å². The van der Waals surface area contributed by atoms with Crippen molar-refractivity contribution < 1.29 is 12.9 Å². The van der Waals surface area contributed by atoms with E-state index in [4.69, 9.17) is 4.52 Å². The number of sulfonamides is 1. The predicted octanol–water partition coefficient (Wildman–Crippen LogP) is 2.48. The van der Waals surface area contributed by atoms with E-state index in [0.29, 0.717) is 23.8 Å². The van der Waals surface area contributed by atoms with E-state index in [-0.39, 0.29) is 5.75 Å². The van der Waals surface area contributed by atoms with Crippen LogP contribution in [0.2, 0.25) is 0 Å². The zero-order valence-corrected chi connectivity index (χ0v) is 13.8. The van der Waals surface area contributed by atoms with Gasteiger partial charge in [-0.25, -0.2) is 8.42 Å². The fourth-order valence-electron chi connectivity index (χ4n) is 2.12. The third-order valence-electron chi connectivity index (χ3n) is 3.39. The van der Waals surface area contributed by atoms with Crippen LogP contribution in [0.4, 0.5) is 5.69 Å². The van der Waals surface area contributed by atoms with Gasteiger partial charge in [0.25, 0.3) is 0 Å². The molecule has 124 valence electrons. The molecule has 1 N–H and O–H groups in total. The Morgan fingerprint density at radius 2 is 2.00 bits per heavy atom. The van der Waals surface area contributed by atoms with Gasteiger partial charge >= 0.3 is 0 Å². The first-order chi connectivity index (χ1) is 11.6. The maximum absolute atomic E-state index is 11.8. The minimum absolute atomic E-state index is 0.00699. The number of anilines is 1. The zero-order chi connectivity index (χ0) is 17.0. The van der Waals surface area contributed by atoms with Gasteiger partial charge in [-0.15, -0.1) is 0 Å². The van der Waals surface area contributed by atoms with Crippen LogP contribution in [0.15, 0.2) is 53.3 Å². The molecule has 0 unspecified atom stereocenters. The van der Waals surface area contributed by atoms with E-state index in [1.165, 1.54) is 0 Å². The molecule has 0 aliphatic rings. The van der Waals surface area contributed by atoms with Crippen molar-refractivity contribution in [3.05, 3.63) is 60.2 Å². The maximum atomic E-state index is 11.8. The van der Waals surface area contributed by atoms with E-state index in [9.17, 15) is 8.42 Å². The second-order valence-corrected chi connectivity index (χ2v) is 7.10. The standard InChI is InChI=1S/C16H16N4O3S/c1-2-24(21,22)20-14-8-4-3-6-12(14)10-15-18-16(19-23-15)13-7-5-9-17-11-13/h3-9,11,20H,2,10H2,1H3. The highest BCUT2D eigenvalue weighted by Crippen LogP contribution is 2.21. The smallest absolute Gasteiger partial charge is 0.232 e. The summed E-state index contributed by atoms with van der Waals surface area (Å²) in [5.41, 5.74) is 2.03. The molecule has 0 aliphatic carbocycles. The van der Waals surface area contributed by atoms with Crippen molar-refractivity contribution in [1.82, 2.24) is 15.1 Å². The number of benzene rings is 1. The highest BCUT2D eigenvalue weighted by atomic mass is 32.2. The highest BCUT2D eigenvalue weighted by Gasteiger charge is 2.14. The lowest BCUT2D eigenvalue weighted by Crippen LogP contribution is -2.15. The van der Waals surface area contributed by atoms with Crippen LogP contribution < -0.4 is 4.72 Å². The van der Waals surface area contributed by atoms with Crippen LogP contribution in [0, 0.1) is 0 Å². The minimum atomic E-state index is -3.35. The monoisotopic (exact) mass is 344 g/mol. The van der Waals surface area contributed by atoms with Crippen molar-refractivity contribution in [2.45, 2.75) is 13.3 Å². The molecule has 0 saturated carbocycles. The Morgan fingerprint density at radius 1 is 1.17 bits per heavy atom. The summed E-state index contributed by atoms with van der Waals surface area (Å²) >= 11 is 0. The molecule has 2 aromatic heterocycles. The largest absolute Gasteiger partial charge is 0.339 e. The third-order valence-corrected chi connectivity index (χ3v) is 4.68. The molecule has 24 heavy (non-hydrogen) atoms. The van der Waals surface area contributed by atoms with Crippen LogP contribution in [0.3, 0.4) is 0 Å². The Labute approximate surface area is 139 Å². The van der Waals surface area contributed by atoms with Gasteiger partial charge < -0.3 is 4.52 Å². The van der Waals surface area contributed by atoms with E-state index in [0.717, 1.165) is 11.1 Å². The minimum Gasteiger partial charge on any atom is -0.339 e. The molecule has 0 atom stereocenters. The van der Waals surface area contributed by atoms with Crippen LogP contribution in [0.5, 0.6) is 0 Å². The van der Waals surface area contributed by atoms with Gasteiger partial charge in [0.05, 0.1) is 17.9 Å². The Balaban J connectivity index is 1.84. The first kappa shape index (κ1) is 16.1. The lowest BCUT2D eigenvalue weighted by atomic mass is 10.1. The first-order valence-electron chi connectivity index (χ1n) is 7.39.